The van der Waals surface area contributed by atoms with Crippen molar-refractivity contribution in [1.82, 2.24) is 0 Å². The van der Waals surface area contributed by atoms with Gasteiger partial charge in [0.25, 0.3) is 0 Å². The second-order valence-corrected chi connectivity index (χ2v) is 5.42. The molecule has 5 heteroatoms. The number of hydrogen-bond acceptors (Lipinski definition) is 3. The van der Waals surface area contributed by atoms with E-state index in [9.17, 15) is 4.79 Å². The van der Waals surface area contributed by atoms with E-state index in [1.54, 1.807) is 19.1 Å². The Morgan fingerprint density at radius 3 is 2.55 bits per heavy atom. The maximum Gasteiger partial charge on any atom is 0.338 e. The number of carbonyl (C=O) groups is 1. The van der Waals surface area contributed by atoms with E-state index in [4.69, 9.17) is 10.3 Å². The monoisotopic (exact) mass is 299 g/mol. The van der Waals surface area contributed by atoms with Crippen LogP contribution in [0.5, 0.6) is 0 Å². The minimum Gasteiger partial charge on any atom is -0.462 e. The summed E-state index contributed by atoms with van der Waals surface area (Å²) in [6, 6.07) is 7.29. The van der Waals surface area contributed by atoms with Gasteiger partial charge in [-0.05, 0) is 54.5 Å². The van der Waals surface area contributed by atoms with Gasteiger partial charge in [-0.3, -0.25) is 0 Å². The van der Waals surface area contributed by atoms with Crippen LogP contribution in [0.15, 0.2) is 35.5 Å². The third kappa shape index (κ3) is 4.37. The third-order valence-electron chi connectivity index (χ3n) is 3.91. The van der Waals surface area contributed by atoms with Crippen LogP contribution >= 0.6 is 0 Å². The fourth-order valence-corrected chi connectivity index (χ4v) is 2.79. The normalized spacial score (nSPS) is 15.4. The number of carbonyl (C=O) groups excluding carboxylic acids is 1. The molecular formula is C17H21N3O2. The molecular weight excluding hydrogens is 278 g/mol. The molecule has 1 aromatic rings. The van der Waals surface area contributed by atoms with E-state index in [0.29, 0.717) is 24.6 Å². The summed E-state index contributed by atoms with van der Waals surface area (Å²) < 4.78 is 4.98. The molecule has 0 heterocycles. The Kier molecular flexibility index (Phi) is 6.04. The van der Waals surface area contributed by atoms with Crippen LogP contribution in [0.25, 0.3) is 16.0 Å². The largest absolute Gasteiger partial charge is 0.462 e. The molecule has 5 nitrogen and oxygen atoms in total. The van der Waals surface area contributed by atoms with Crippen LogP contribution in [0.3, 0.4) is 0 Å². The Labute approximate surface area is 130 Å². The molecule has 0 aromatic heterocycles. The number of azide groups is 1. The van der Waals surface area contributed by atoms with Gasteiger partial charge in [0.05, 0.1) is 18.7 Å². The lowest BCUT2D eigenvalue weighted by Gasteiger charge is -2.10. The maximum atomic E-state index is 11.7. The van der Waals surface area contributed by atoms with Crippen LogP contribution in [-0.4, -0.2) is 19.1 Å². The first kappa shape index (κ1) is 16.1. The van der Waals surface area contributed by atoms with Gasteiger partial charge in [-0.25, -0.2) is 4.79 Å². The molecule has 0 saturated heterocycles. The zero-order valence-corrected chi connectivity index (χ0v) is 12.9. The van der Waals surface area contributed by atoms with E-state index in [1.165, 1.54) is 25.7 Å². The van der Waals surface area contributed by atoms with Gasteiger partial charge in [0.2, 0.25) is 0 Å². The van der Waals surface area contributed by atoms with Crippen LogP contribution in [0.2, 0.25) is 0 Å². The number of ether oxygens (including phenoxy) is 1. The van der Waals surface area contributed by atoms with Crippen molar-refractivity contribution < 1.29 is 9.53 Å². The summed E-state index contributed by atoms with van der Waals surface area (Å²) in [4.78, 5) is 14.5. The lowest BCUT2D eigenvalue weighted by molar-refractivity contribution is 0.0526. The Morgan fingerprint density at radius 2 is 1.95 bits per heavy atom. The SMILES string of the molecule is CCOC(=O)c1ccc(/C(=C/C2CCCC2)CN=[N+]=[N-])cc1. The van der Waals surface area contributed by atoms with Crippen LogP contribution < -0.4 is 0 Å². The van der Waals surface area contributed by atoms with E-state index in [2.05, 4.69) is 16.1 Å². The van der Waals surface area contributed by atoms with E-state index < -0.39 is 0 Å². The molecule has 0 unspecified atom stereocenters. The summed E-state index contributed by atoms with van der Waals surface area (Å²) in [5.41, 5.74) is 11.1. The summed E-state index contributed by atoms with van der Waals surface area (Å²) in [5, 5.41) is 3.70. The highest BCUT2D eigenvalue weighted by Crippen LogP contribution is 2.29. The predicted molar refractivity (Wildman–Crippen MR) is 86.3 cm³/mol. The molecule has 0 aliphatic heterocycles. The minimum absolute atomic E-state index is 0.314. The first-order chi connectivity index (χ1) is 10.7. The Bertz CT molecular complexity index is 580. The molecule has 0 radical (unpaired) electrons. The topological polar surface area (TPSA) is 75.1 Å². The van der Waals surface area contributed by atoms with Crippen molar-refractivity contribution in [2.75, 3.05) is 13.2 Å². The van der Waals surface area contributed by atoms with Gasteiger partial charge in [0.15, 0.2) is 0 Å². The van der Waals surface area contributed by atoms with Crippen LogP contribution in [0.4, 0.5) is 0 Å². The molecule has 0 atom stereocenters. The molecule has 1 aromatic carbocycles. The minimum atomic E-state index is -0.314. The zero-order valence-electron chi connectivity index (χ0n) is 12.9. The van der Waals surface area contributed by atoms with Crippen molar-refractivity contribution in [3.63, 3.8) is 0 Å². The second-order valence-electron chi connectivity index (χ2n) is 5.42. The molecule has 0 N–H and O–H groups in total. The zero-order chi connectivity index (χ0) is 15.8. The predicted octanol–water partition coefficient (Wildman–Crippen LogP) is 4.75. The average Bonchev–Trinajstić information content (AvgIpc) is 3.05. The van der Waals surface area contributed by atoms with Crippen molar-refractivity contribution >= 4 is 11.5 Å². The second kappa shape index (κ2) is 8.25. The quantitative estimate of drug-likeness (QED) is 0.329. The summed E-state index contributed by atoms with van der Waals surface area (Å²) in [6.45, 7) is 2.49. The lowest BCUT2D eigenvalue weighted by Crippen LogP contribution is -2.04. The average molecular weight is 299 g/mol. The molecule has 1 aliphatic rings. The summed E-state index contributed by atoms with van der Waals surface area (Å²) >= 11 is 0. The molecule has 0 amide bonds. The van der Waals surface area contributed by atoms with E-state index in [0.717, 1.165) is 11.1 Å². The molecule has 1 fully saturated rings. The molecule has 2 rings (SSSR count). The molecule has 1 saturated carbocycles. The first-order valence-corrected chi connectivity index (χ1v) is 7.73. The number of hydrogen-bond donors (Lipinski definition) is 0. The lowest BCUT2D eigenvalue weighted by atomic mass is 9.98. The first-order valence-electron chi connectivity index (χ1n) is 7.73. The number of esters is 1. The van der Waals surface area contributed by atoms with E-state index in [1.807, 2.05) is 12.1 Å². The summed E-state index contributed by atoms with van der Waals surface area (Å²) in [5.74, 6) is 0.249. The highest BCUT2D eigenvalue weighted by molar-refractivity contribution is 5.89. The van der Waals surface area contributed by atoms with E-state index >= 15 is 0 Å². The smallest absolute Gasteiger partial charge is 0.338 e. The van der Waals surface area contributed by atoms with Gasteiger partial charge in [-0.15, -0.1) is 0 Å². The van der Waals surface area contributed by atoms with Crippen molar-refractivity contribution in [2.45, 2.75) is 32.6 Å². The number of rotatable bonds is 6. The van der Waals surface area contributed by atoms with Gasteiger partial charge < -0.3 is 4.74 Å². The molecule has 116 valence electrons. The van der Waals surface area contributed by atoms with E-state index in [-0.39, 0.29) is 5.97 Å². The van der Waals surface area contributed by atoms with Crippen LogP contribution in [0, 0.1) is 5.92 Å². The highest BCUT2D eigenvalue weighted by atomic mass is 16.5. The van der Waals surface area contributed by atoms with Gasteiger partial charge in [-0.1, -0.05) is 36.2 Å². The van der Waals surface area contributed by atoms with Crippen molar-refractivity contribution in [3.8, 4) is 0 Å². The van der Waals surface area contributed by atoms with Crippen molar-refractivity contribution in [3.05, 3.63) is 51.9 Å². The fraction of sp³-hybridized carbons (Fsp3) is 0.471. The highest BCUT2D eigenvalue weighted by Gasteiger charge is 2.14. The van der Waals surface area contributed by atoms with Crippen LogP contribution in [0.1, 0.15) is 48.5 Å². The molecule has 22 heavy (non-hydrogen) atoms. The standard InChI is InChI=1S/C17H21N3O2/c1-2-22-17(21)15-9-7-14(8-10-15)16(12-19-20-18)11-13-5-3-4-6-13/h7-11,13H,2-6,12H2,1H3/b16-11+. The van der Waals surface area contributed by atoms with Crippen molar-refractivity contribution in [1.29, 1.82) is 0 Å². The summed E-state index contributed by atoms with van der Waals surface area (Å²) in [6.07, 6.45) is 7.14. The van der Waals surface area contributed by atoms with Gasteiger partial charge in [0, 0.05) is 4.91 Å². The van der Waals surface area contributed by atoms with Gasteiger partial charge >= 0.3 is 5.97 Å². The van der Waals surface area contributed by atoms with Gasteiger partial charge in [0.1, 0.15) is 0 Å². The Hall–Kier alpha value is -2.26. The number of benzene rings is 1. The molecule has 0 spiro atoms. The van der Waals surface area contributed by atoms with Gasteiger partial charge in [-0.2, -0.15) is 0 Å². The third-order valence-corrected chi connectivity index (χ3v) is 3.91. The Balaban J connectivity index is 2.19. The summed E-state index contributed by atoms with van der Waals surface area (Å²) in [7, 11) is 0. The number of allylic oxidation sites excluding steroid dienone is 1. The van der Waals surface area contributed by atoms with Crippen LogP contribution in [-0.2, 0) is 4.74 Å². The molecule has 1 aliphatic carbocycles. The molecule has 0 bridgehead atoms. The number of nitrogens with zero attached hydrogens (tertiary/aromatic N) is 3. The Morgan fingerprint density at radius 1 is 1.32 bits per heavy atom. The van der Waals surface area contributed by atoms with Crippen molar-refractivity contribution in [2.24, 2.45) is 11.0 Å². The fourth-order valence-electron chi connectivity index (χ4n) is 2.79. The maximum absolute atomic E-state index is 11.7.